The van der Waals surface area contributed by atoms with Gasteiger partial charge in [0.2, 0.25) is 0 Å². The Balaban J connectivity index is 2.78. The number of ether oxygens (including phenoxy) is 2. The van der Waals surface area contributed by atoms with E-state index in [1.54, 1.807) is 7.11 Å². The zero-order valence-corrected chi connectivity index (χ0v) is 11.6. The van der Waals surface area contributed by atoms with E-state index in [1.165, 1.54) is 0 Å². The highest BCUT2D eigenvalue weighted by atomic mass is 35.5. The molecule has 1 atom stereocenters. The zero-order chi connectivity index (χ0) is 12.8. The van der Waals surface area contributed by atoms with Crippen molar-refractivity contribution in [1.82, 2.24) is 5.32 Å². The molecule has 17 heavy (non-hydrogen) atoms. The molecule has 0 fully saturated rings. The number of benzene rings is 1. The van der Waals surface area contributed by atoms with Gasteiger partial charge in [-0.15, -0.1) is 0 Å². The molecule has 0 aliphatic carbocycles. The monoisotopic (exact) mass is 257 g/mol. The Bertz CT molecular complexity index is 339. The first-order chi connectivity index (χ1) is 8.08. The van der Waals surface area contributed by atoms with Crippen LogP contribution in [0.3, 0.4) is 0 Å². The van der Waals surface area contributed by atoms with Crippen molar-refractivity contribution in [3.63, 3.8) is 0 Å². The maximum Gasteiger partial charge on any atom is 0.134 e. The summed E-state index contributed by atoms with van der Waals surface area (Å²) in [5, 5.41) is 3.88. The van der Waals surface area contributed by atoms with Crippen LogP contribution in [0.5, 0.6) is 5.75 Å². The normalized spacial score (nSPS) is 12.5. The lowest BCUT2D eigenvalue weighted by atomic mass is 10.1. The summed E-state index contributed by atoms with van der Waals surface area (Å²) in [6.45, 7) is 5.26. The molecule has 0 aliphatic heterocycles. The van der Waals surface area contributed by atoms with Gasteiger partial charge >= 0.3 is 0 Å². The molecule has 1 N–H and O–H groups in total. The molecule has 0 saturated carbocycles. The summed E-state index contributed by atoms with van der Waals surface area (Å²) < 4.78 is 11.0. The van der Waals surface area contributed by atoms with E-state index in [2.05, 4.69) is 5.32 Å². The summed E-state index contributed by atoms with van der Waals surface area (Å²) in [5.41, 5.74) is 2.06. The predicted molar refractivity (Wildman–Crippen MR) is 71.1 cm³/mol. The zero-order valence-electron chi connectivity index (χ0n) is 10.8. The average Bonchev–Trinajstić information content (AvgIpc) is 2.26. The molecule has 0 spiro atoms. The molecular weight excluding hydrogens is 238 g/mol. The lowest BCUT2D eigenvalue weighted by Crippen LogP contribution is -2.33. The van der Waals surface area contributed by atoms with Gasteiger partial charge in [-0.05, 0) is 44.2 Å². The molecule has 0 aromatic heterocycles. The van der Waals surface area contributed by atoms with E-state index in [-0.39, 0.29) is 6.10 Å². The Kier molecular flexibility index (Phi) is 5.75. The van der Waals surface area contributed by atoms with E-state index < -0.39 is 0 Å². The fourth-order valence-electron chi connectivity index (χ4n) is 1.71. The second-order valence-corrected chi connectivity index (χ2v) is 4.50. The van der Waals surface area contributed by atoms with Gasteiger partial charge in [0.15, 0.2) is 0 Å². The van der Waals surface area contributed by atoms with Crippen LogP contribution in [0.4, 0.5) is 0 Å². The standard InChI is InChI=1S/C13H20ClNO2/c1-9-5-11(6-10(2)13(9)14)17-12(7-15-3)8-16-4/h5-6,12,15H,7-8H2,1-4H3. The maximum absolute atomic E-state index is 6.12. The summed E-state index contributed by atoms with van der Waals surface area (Å²) in [7, 11) is 3.56. The molecule has 0 radical (unpaired) electrons. The van der Waals surface area contributed by atoms with Gasteiger partial charge in [0.05, 0.1) is 6.61 Å². The van der Waals surface area contributed by atoms with E-state index in [4.69, 9.17) is 21.1 Å². The van der Waals surface area contributed by atoms with Crippen molar-refractivity contribution in [2.75, 3.05) is 27.3 Å². The molecule has 4 heteroatoms. The molecule has 0 aliphatic rings. The Labute approximate surface area is 108 Å². The first kappa shape index (κ1) is 14.3. The number of aryl methyl sites for hydroxylation is 2. The van der Waals surface area contributed by atoms with Crippen LogP contribution in [0, 0.1) is 13.8 Å². The molecule has 96 valence electrons. The first-order valence-corrected chi connectivity index (χ1v) is 6.03. The van der Waals surface area contributed by atoms with E-state index in [1.807, 2.05) is 33.0 Å². The second-order valence-electron chi connectivity index (χ2n) is 4.12. The van der Waals surface area contributed by atoms with Crippen molar-refractivity contribution in [1.29, 1.82) is 0 Å². The summed E-state index contributed by atoms with van der Waals surface area (Å²) in [6, 6.07) is 3.90. The minimum absolute atomic E-state index is 0.00461. The minimum atomic E-state index is 0.00461. The smallest absolute Gasteiger partial charge is 0.134 e. The fraction of sp³-hybridized carbons (Fsp3) is 0.538. The molecular formula is C13H20ClNO2. The van der Waals surface area contributed by atoms with Crippen molar-refractivity contribution in [3.05, 3.63) is 28.3 Å². The maximum atomic E-state index is 6.12. The SMILES string of the molecule is CNCC(COC)Oc1cc(C)c(Cl)c(C)c1. The van der Waals surface area contributed by atoms with E-state index in [0.29, 0.717) is 6.61 Å². The second kappa shape index (κ2) is 6.84. The number of hydrogen-bond acceptors (Lipinski definition) is 3. The third-order valence-corrected chi connectivity index (χ3v) is 3.09. The van der Waals surface area contributed by atoms with Gasteiger partial charge in [-0.25, -0.2) is 0 Å². The van der Waals surface area contributed by atoms with Gasteiger partial charge in [-0.2, -0.15) is 0 Å². The quantitative estimate of drug-likeness (QED) is 0.850. The van der Waals surface area contributed by atoms with Gasteiger partial charge in [-0.1, -0.05) is 11.6 Å². The molecule has 0 heterocycles. The van der Waals surface area contributed by atoms with Gasteiger partial charge < -0.3 is 14.8 Å². The van der Waals surface area contributed by atoms with Gasteiger partial charge in [-0.3, -0.25) is 0 Å². The molecule has 1 unspecified atom stereocenters. The first-order valence-electron chi connectivity index (χ1n) is 5.65. The van der Waals surface area contributed by atoms with E-state index in [0.717, 1.165) is 28.4 Å². The average molecular weight is 258 g/mol. The Morgan fingerprint density at radius 1 is 1.29 bits per heavy atom. The summed E-state index contributed by atoms with van der Waals surface area (Å²) in [6.07, 6.45) is 0.00461. The molecule has 1 aromatic carbocycles. The Hall–Kier alpha value is -0.770. The van der Waals surface area contributed by atoms with Crippen LogP contribution in [-0.2, 0) is 4.74 Å². The third kappa shape index (κ3) is 4.19. The Morgan fingerprint density at radius 2 is 1.88 bits per heavy atom. The van der Waals surface area contributed by atoms with Crippen LogP contribution < -0.4 is 10.1 Å². The third-order valence-electron chi connectivity index (χ3n) is 2.50. The number of likely N-dealkylation sites (N-methyl/N-ethyl adjacent to an activating group) is 1. The van der Waals surface area contributed by atoms with Gasteiger partial charge in [0, 0.05) is 18.7 Å². The van der Waals surface area contributed by atoms with E-state index >= 15 is 0 Å². The Morgan fingerprint density at radius 3 is 2.35 bits per heavy atom. The highest BCUT2D eigenvalue weighted by Gasteiger charge is 2.11. The van der Waals surface area contributed by atoms with Crippen molar-refractivity contribution < 1.29 is 9.47 Å². The molecule has 1 rings (SSSR count). The van der Waals surface area contributed by atoms with Crippen LogP contribution in [0.1, 0.15) is 11.1 Å². The molecule has 0 bridgehead atoms. The lowest BCUT2D eigenvalue weighted by molar-refractivity contribution is 0.0818. The van der Waals surface area contributed by atoms with Crippen LogP contribution in [0.25, 0.3) is 0 Å². The highest BCUT2D eigenvalue weighted by Crippen LogP contribution is 2.26. The van der Waals surface area contributed by atoms with Crippen molar-refractivity contribution in [2.24, 2.45) is 0 Å². The minimum Gasteiger partial charge on any atom is -0.487 e. The van der Waals surface area contributed by atoms with Crippen molar-refractivity contribution in [3.8, 4) is 5.75 Å². The summed E-state index contributed by atoms with van der Waals surface area (Å²) in [5.74, 6) is 0.835. The van der Waals surface area contributed by atoms with Crippen LogP contribution in [-0.4, -0.2) is 33.4 Å². The lowest BCUT2D eigenvalue weighted by Gasteiger charge is -2.19. The fourth-order valence-corrected chi connectivity index (χ4v) is 1.82. The van der Waals surface area contributed by atoms with Gasteiger partial charge in [0.1, 0.15) is 11.9 Å². The molecule has 0 saturated heterocycles. The van der Waals surface area contributed by atoms with Gasteiger partial charge in [0.25, 0.3) is 0 Å². The van der Waals surface area contributed by atoms with Crippen molar-refractivity contribution in [2.45, 2.75) is 20.0 Å². The van der Waals surface area contributed by atoms with Crippen LogP contribution in [0.2, 0.25) is 5.02 Å². The molecule has 1 aromatic rings. The van der Waals surface area contributed by atoms with Crippen LogP contribution in [0.15, 0.2) is 12.1 Å². The molecule has 0 amide bonds. The highest BCUT2D eigenvalue weighted by molar-refractivity contribution is 6.32. The largest absolute Gasteiger partial charge is 0.487 e. The molecule has 3 nitrogen and oxygen atoms in total. The number of hydrogen-bond donors (Lipinski definition) is 1. The number of halogens is 1. The van der Waals surface area contributed by atoms with E-state index in [9.17, 15) is 0 Å². The summed E-state index contributed by atoms with van der Waals surface area (Å²) >= 11 is 6.12. The number of nitrogens with one attached hydrogen (secondary N) is 1. The topological polar surface area (TPSA) is 30.5 Å². The summed E-state index contributed by atoms with van der Waals surface area (Å²) in [4.78, 5) is 0. The number of rotatable bonds is 6. The number of methoxy groups -OCH3 is 1. The predicted octanol–water partition coefficient (Wildman–Crippen LogP) is 2.57. The van der Waals surface area contributed by atoms with Crippen molar-refractivity contribution >= 4 is 11.6 Å². The van der Waals surface area contributed by atoms with Crippen LogP contribution >= 0.6 is 11.6 Å².